The van der Waals surface area contributed by atoms with Crippen LogP contribution in [-0.4, -0.2) is 62.4 Å². The van der Waals surface area contributed by atoms with E-state index in [9.17, 15) is 9.59 Å². The highest BCUT2D eigenvalue weighted by atomic mass is 16.2. The SMILES string of the molecule is Cc1cc(C)n2ncc(C(=O)N3CCN(C(=O)C(C)(C)c4ccccc4)CC3)c2n1. The number of aromatic nitrogens is 3. The van der Waals surface area contributed by atoms with Crippen LogP contribution in [0, 0.1) is 13.8 Å². The van der Waals surface area contributed by atoms with Crippen molar-refractivity contribution in [3.05, 3.63) is 65.1 Å². The Morgan fingerprint density at radius 1 is 0.967 bits per heavy atom. The van der Waals surface area contributed by atoms with E-state index in [2.05, 4.69) is 10.1 Å². The fourth-order valence-corrected chi connectivity index (χ4v) is 4.08. The van der Waals surface area contributed by atoms with Crippen LogP contribution in [0.2, 0.25) is 0 Å². The van der Waals surface area contributed by atoms with Crippen molar-refractivity contribution in [3.8, 4) is 0 Å². The Morgan fingerprint density at radius 2 is 1.60 bits per heavy atom. The molecule has 1 saturated heterocycles. The van der Waals surface area contributed by atoms with Gasteiger partial charge in [0.05, 0.1) is 11.6 Å². The van der Waals surface area contributed by atoms with E-state index in [0.717, 1.165) is 17.0 Å². The minimum Gasteiger partial charge on any atom is -0.338 e. The summed E-state index contributed by atoms with van der Waals surface area (Å²) in [4.78, 5) is 34.5. The molecule has 0 unspecified atom stereocenters. The molecule has 7 heteroatoms. The van der Waals surface area contributed by atoms with Crippen molar-refractivity contribution in [1.29, 1.82) is 0 Å². The van der Waals surface area contributed by atoms with Crippen LogP contribution in [0.25, 0.3) is 5.65 Å². The lowest BCUT2D eigenvalue weighted by Gasteiger charge is -2.38. The van der Waals surface area contributed by atoms with Crippen molar-refractivity contribution in [2.75, 3.05) is 26.2 Å². The third-order valence-corrected chi connectivity index (χ3v) is 5.89. The second-order valence-electron chi connectivity index (χ2n) is 8.41. The minimum atomic E-state index is -0.602. The van der Waals surface area contributed by atoms with Crippen LogP contribution in [0.5, 0.6) is 0 Å². The van der Waals surface area contributed by atoms with Gasteiger partial charge < -0.3 is 9.80 Å². The van der Waals surface area contributed by atoms with Crippen molar-refractivity contribution in [2.45, 2.75) is 33.1 Å². The second-order valence-corrected chi connectivity index (χ2v) is 8.41. The van der Waals surface area contributed by atoms with Gasteiger partial charge in [0, 0.05) is 37.6 Å². The average Bonchev–Trinajstić information content (AvgIpc) is 3.17. The van der Waals surface area contributed by atoms with Gasteiger partial charge in [0.15, 0.2) is 5.65 Å². The topological polar surface area (TPSA) is 70.8 Å². The number of hydrogen-bond acceptors (Lipinski definition) is 4. The number of aryl methyl sites for hydroxylation is 2. The number of benzene rings is 1. The first-order valence-electron chi connectivity index (χ1n) is 10.2. The van der Waals surface area contributed by atoms with Gasteiger partial charge in [-0.2, -0.15) is 5.10 Å². The molecule has 30 heavy (non-hydrogen) atoms. The van der Waals surface area contributed by atoms with Crippen LogP contribution in [0.4, 0.5) is 0 Å². The Hall–Kier alpha value is -3.22. The molecule has 7 nitrogen and oxygen atoms in total. The van der Waals surface area contributed by atoms with Crippen molar-refractivity contribution in [3.63, 3.8) is 0 Å². The molecule has 0 saturated carbocycles. The monoisotopic (exact) mass is 405 g/mol. The van der Waals surface area contributed by atoms with Gasteiger partial charge in [-0.15, -0.1) is 0 Å². The van der Waals surface area contributed by atoms with Crippen molar-refractivity contribution < 1.29 is 9.59 Å². The first-order valence-corrected chi connectivity index (χ1v) is 10.2. The predicted octanol–water partition coefficient (Wildman–Crippen LogP) is 2.61. The summed E-state index contributed by atoms with van der Waals surface area (Å²) in [6.07, 6.45) is 1.59. The summed E-state index contributed by atoms with van der Waals surface area (Å²) in [7, 11) is 0. The van der Waals surface area contributed by atoms with Crippen LogP contribution < -0.4 is 0 Å². The molecule has 2 aromatic heterocycles. The normalized spacial score (nSPS) is 14.9. The van der Waals surface area contributed by atoms with Crippen LogP contribution in [0.1, 0.15) is 41.2 Å². The molecule has 3 heterocycles. The zero-order valence-corrected chi connectivity index (χ0v) is 17.9. The lowest BCUT2D eigenvalue weighted by atomic mass is 9.83. The smallest absolute Gasteiger partial charge is 0.259 e. The maximum atomic E-state index is 13.2. The van der Waals surface area contributed by atoms with Crippen molar-refractivity contribution >= 4 is 17.5 Å². The standard InChI is InChI=1S/C23H27N5O2/c1-16-14-17(2)28-20(25-16)19(15-24-28)21(29)26-10-12-27(13-11-26)22(30)23(3,4)18-8-6-5-7-9-18/h5-9,14-15H,10-13H2,1-4H3. The summed E-state index contributed by atoms with van der Waals surface area (Å²) >= 11 is 0. The Bertz CT molecular complexity index is 1100. The van der Waals surface area contributed by atoms with Crippen LogP contribution >= 0.6 is 0 Å². The highest BCUT2D eigenvalue weighted by Crippen LogP contribution is 2.26. The molecule has 0 N–H and O–H groups in total. The summed E-state index contributed by atoms with van der Waals surface area (Å²) < 4.78 is 1.70. The van der Waals surface area contributed by atoms with Crippen LogP contribution in [0.15, 0.2) is 42.6 Å². The molecular weight excluding hydrogens is 378 g/mol. The van der Waals surface area contributed by atoms with Crippen LogP contribution in [0.3, 0.4) is 0 Å². The van der Waals surface area contributed by atoms with E-state index >= 15 is 0 Å². The molecule has 1 aliphatic rings. The van der Waals surface area contributed by atoms with E-state index in [1.807, 2.05) is 69.0 Å². The van der Waals surface area contributed by atoms with Gasteiger partial charge in [-0.05, 0) is 39.3 Å². The summed E-state index contributed by atoms with van der Waals surface area (Å²) in [5.41, 5.74) is 3.28. The fourth-order valence-electron chi connectivity index (χ4n) is 4.08. The predicted molar refractivity (Wildman–Crippen MR) is 114 cm³/mol. The first kappa shape index (κ1) is 20.1. The summed E-state index contributed by atoms with van der Waals surface area (Å²) in [5.74, 6) is 0.00150. The molecule has 0 atom stereocenters. The second kappa shape index (κ2) is 7.55. The first-order chi connectivity index (χ1) is 14.3. The quantitative estimate of drug-likeness (QED) is 0.672. The van der Waals surface area contributed by atoms with Gasteiger partial charge in [-0.1, -0.05) is 30.3 Å². The van der Waals surface area contributed by atoms with Crippen molar-refractivity contribution in [2.24, 2.45) is 0 Å². The molecule has 1 aromatic carbocycles. The summed E-state index contributed by atoms with van der Waals surface area (Å²) in [6.45, 7) is 9.80. The molecule has 2 amide bonds. The van der Waals surface area contributed by atoms with Gasteiger partial charge in [-0.3, -0.25) is 9.59 Å². The van der Waals surface area contributed by atoms with E-state index in [0.29, 0.717) is 37.4 Å². The van der Waals surface area contributed by atoms with Gasteiger partial charge in [0.1, 0.15) is 5.56 Å². The third kappa shape index (κ3) is 3.44. The molecule has 1 aliphatic heterocycles. The number of hydrogen-bond donors (Lipinski definition) is 0. The number of amides is 2. The molecule has 0 spiro atoms. The number of nitrogens with zero attached hydrogens (tertiary/aromatic N) is 5. The summed E-state index contributed by atoms with van der Waals surface area (Å²) in [6, 6.07) is 11.8. The zero-order valence-electron chi connectivity index (χ0n) is 17.9. The Kier molecular flexibility index (Phi) is 5.05. The number of piperazine rings is 1. The van der Waals surface area contributed by atoms with Crippen LogP contribution in [-0.2, 0) is 10.2 Å². The maximum absolute atomic E-state index is 13.2. The fraction of sp³-hybridized carbons (Fsp3) is 0.391. The maximum Gasteiger partial charge on any atom is 0.259 e. The van der Waals surface area contributed by atoms with Gasteiger partial charge >= 0.3 is 0 Å². The highest BCUT2D eigenvalue weighted by Gasteiger charge is 2.36. The third-order valence-electron chi connectivity index (χ3n) is 5.89. The van der Waals surface area contributed by atoms with Gasteiger partial charge in [0.25, 0.3) is 5.91 Å². The minimum absolute atomic E-state index is 0.0862. The largest absolute Gasteiger partial charge is 0.338 e. The molecule has 1 fully saturated rings. The Balaban J connectivity index is 1.47. The van der Waals surface area contributed by atoms with Gasteiger partial charge in [-0.25, -0.2) is 9.50 Å². The summed E-state index contributed by atoms with van der Waals surface area (Å²) in [5, 5.41) is 4.33. The zero-order chi connectivity index (χ0) is 21.5. The highest BCUT2D eigenvalue weighted by molar-refractivity contribution is 6.00. The number of fused-ring (bicyclic) bond motifs is 1. The number of carbonyl (C=O) groups is 2. The number of carbonyl (C=O) groups excluding carboxylic acids is 2. The van der Waals surface area contributed by atoms with E-state index in [1.165, 1.54) is 0 Å². The Labute approximate surface area is 176 Å². The lowest BCUT2D eigenvalue weighted by molar-refractivity contribution is -0.137. The molecular formula is C23H27N5O2. The lowest BCUT2D eigenvalue weighted by Crippen LogP contribution is -2.54. The number of rotatable bonds is 3. The Morgan fingerprint density at radius 3 is 2.27 bits per heavy atom. The molecule has 0 radical (unpaired) electrons. The van der Waals surface area contributed by atoms with E-state index in [1.54, 1.807) is 15.6 Å². The van der Waals surface area contributed by atoms with Crippen molar-refractivity contribution in [1.82, 2.24) is 24.4 Å². The molecule has 156 valence electrons. The van der Waals surface area contributed by atoms with E-state index in [4.69, 9.17) is 0 Å². The molecule has 4 rings (SSSR count). The molecule has 3 aromatic rings. The molecule has 0 aliphatic carbocycles. The molecule has 0 bridgehead atoms. The van der Waals surface area contributed by atoms with E-state index < -0.39 is 5.41 Å². The van der Waals surface area contributed by atoms with E-state index in [-0.39, 0.29) is 11.8 Å². The average molecular weight is 406 g/mol. The van der Waals surface area contributed by atoms with Gasteiger partial charge in [0.2, 0.25) is 5.91 Å².